The minimum atomic E-state index is -0.785. The van der Waals surface area contributed by atoms with Crippen molar-refractivity contribution in [2.75, 3.05) is 13.2 Å². The number of rotatable bonds is 11. The highest BCUT2D eigenvalue weighted by Crippen LogP contribution is 2.24. The van der Waals surface area contributed by atoms with Crippen LogP contribution in [0.3, 0.4) is 0 Å². The number of nitrogens with zero attached hydrogens (tertiary/aromatic N) is 1. The first-order valence-electron chi connectivity index (χ1n) is 10.3. The molecule has 8 nitrogen and oxygen atoms in total. The lowest BCUT2D eigenvalue weighted by Gasteiger charge is -2.19. The van der Waals surface area contributed by atoms with Crippen LogP contribution in [0.1, 0.15) is 20.8 Å². The van der Waals surface area contributed by atoms with Gasteiger partial charge in [-0.2, -0.15) is 0 Å². The molecule has 0 aliphatic carbocycles. The average Bonchev–Trinajstić information content (AvgIpc) is 2.81. The maximum Gasteiger partial charge on any atom is 0.338 e. The minimum absolute atomic E-state index is 0.164. The van der Waals surface area contributed by atoms with Gasteiger partial charge in [0.05, 0.1) is 0 Å². The van der Waals surface area contributed by atoms with Gasteiger partial charge in [-0.25, -0.2) is 19.4 Å². The van der Waals surface area contributed by atoms with E-state index in [0.29, 0.717) is 11.3 Å². The maximum atomic E-state index is 11.7. The Morgan fingerprint density at radius 1 is 0.765 bits per heavy atom. The highest BCUT2D eigenvalue weighted by atomic mass is 16.6. The molecule has 0 radical (unpaired) electrons. The number of pyridine rings is 1. The molecule has 0 amide bonds. The van der Waals surface area contributed by atoms with Crippen LogP contribution in [0.25, 0.3) is 11.1 Å². The first kappa shape index (κ1) is 26.1. The van der Waals surface area contributed by atoms with Gasteiger partial charge in [0.25, 0.3) is 0 Å². The normalized spacial score (nSPS) is 10.2. The third-order valence-electron chi connectivity index (χ3n) is 4.27. The van der Waals surface area contributed by atoms with Crippen molar-refractivity contribution < 1.29 is 33.3 Å². The summed E-state index contributed by atoms with van der Waals surface area (Å²) in [6.07, 6.45) is 0.813. The van der Waals surface area contributed by atoms with Gasteiger partial charge in [0.15, 0.2) is 6.10 Å². The second kappa shape index (κ2) is 12.2. The first-order chi connectivity index (χ1) is 16.1. The molecule has 2 rings (SSSR count). The Kier molecular flexibility index (Phi) is 9.31. The molecule has 34 heavy (non-hydrogen) atoms. The quantitative estimate of drug-likeness (QED) is 0.276. The standard InChI is InChI=1S/C26H27NO7/c1-16(2)24(28)31-14-22(15-32-25(29)17(3)4)33-23-12-9-20(13-27-23)19-7-10-21(11-8-19)34-26(30)18(5)6/h7-13,22H,1,3,5,14-15H2,2,4,6H3. The van der Waals surface area contributed by atoms with E-state index in [1.807, 2.05) is 0 Å². The van der Waals surface area contributed by atoms with Gasteiger partial charge in [-0.3, -0.25) is 0 Å². The number of carbonyl (C=O) groups is 3. The number of carbonyl (C=O) groups excluding carboxylic acids is 3. The topological polar surface area (TPSA) is 101 Å². The molecule has 0 saturated heterocycles. The zero-order valence-corrected chi connectivity index (χ0v) is 19.5. The predicted octanol–water partition coefficient (Wildman–Crippen LogP) is 4.22. The van der Waals surface area contributed by atoms with E-state index in [0.717, 1.165) is 11.1 Å². The average molecular weight is 466 g/mol. The lowest BCUT2D eigenvalue weighted by Crippen LogP contribution is -2.31. The van der Waals surface area contributed by atoms with Gasteiger partial charge in [0, 0.05) is 34.5 Å². The summed E-state index contributed by atoms with van der Waals surface area (Å²) in [5.74, 6) is -1.01. The molecule has 0 aliphatic rings. The lowest BCUT2D eigenvalue weighted by molar-refractivity contribution is -0.146. The number of hydrogen-bond acceptors (Lipinski definition) is 8. The summed E-state index contributed by atoms with van der Waals surface area (Å²) < 4.78 is 21.2. The van der Waals surface area contributed by atoms with E-state index >= 15 is 0 Å². The zero-order valence-electron chi connectivity index (χ0n) is 19.5. The van der Waals surface area contributed by atoms with Crippen LogP contribution in [0, 0.1) is 0 Å². The monoisotopic (exact) mass is 465 g/mol. The Labute approximate surface area is 198 Å². The molecular weight excluding hydrogens is 438 g/mol. The van der Waals surface area contributed by atoms with Crippen molar-refractivity contribution in [3.63, 3.8) is 0 Å². The summed E-state index contributed by atoms with van der Waals surface area (Å²) in [6, 6.07) is 10.3. The fraction of sp³-hybridized carbons (Fsp3) is 0.231. The predicted molar refractivity (Wildman–Crippen MR) is 126 cm³/mol. The van der Waals surface area contributed by atoms with E-state index in [4.69, 9.17) is 18.9 Å². The van der Waals surface area contributed by atoms with Gasteiger partial charge in [-0.1, -0.05) is 31.9 Å². The van der Waals surface area contributed by atoms with Crippen molar-refractivity contribution in [2.24, 2.45) is 0 Å². The SMILES string of the molecule is C=C(C)C(=O)OCC(COC(=O)C(=C)C)Oc1ccc(-c2ccc(OC(=O)C(=C)C)cc2)cn1. The van der Waals surface area contributed by atoms with Crippen molar-refractivity contribution in [1.29, 1.82) is 0 Å². The van der Waals surface area contributed by atoms with Crippen LogP contribution in [0.15, 0.2) is 79.1 Å². The number of aromatic nitrogens is 1. The third-order valence-corrected chi connectivity index (χ3v) is 4.27. The summed E-state index contributed by atoms with van der Waals surface area (Å²) in [7, 11) is 0. The van der Waals surface area contributed by atoms with Crippen molar-refractivity contribution in [3.8, 4) is 22.8 Å². The lowest BCUT2D eigenvalue weighted by atomic mass is 10.1. The number of benzene rings is 1. The van der Waals surface area contributed by atoms with Crippen LogP contribution >= 0.6 is 0 Å². The Balaban J connectivity index is 2.06. The van der Waals surface area contributed by atoms with Crippen molar-refractivity contribution in [1.82, 2.24) is 4.98 Å². The molecule has 2 aromatic rings. The summed E-state index contributed by atoms with van der Waals surface area (Å²) in [4.78, 5) is 39.3. The molecule has 0 bridgehead atoms. The van der Waals surface area contributed by atoms with Gasteiger partial charge in [0.1, 0.15) is 19.0 Å². The van der Waals surface area contributed by atoms with Crippen molar-refractivity contribution in [2.45, 2.75) is 26.9 Å². The van der Waals surface area contributed by atoms with E-state index < -0.39 is 24.0 Å². The van der Waals surface area contributed by atoms with E-state index in [2.05, 4.69) is 24.7 Å². The molecule has 0 aliphatic heterocycles. The van der Waals surface area contributed by atoms with E-state index in [1.165, 1.54) is 13.8 Å². The van der Waals surface area contributed by atoms with Crippen molar-refractivity contribution >= 4 is 17.9 Å². The highest BCUT2D eigenvalue weighted by molar-refractivity contribution is 5.89. The van der Waals surface area contributed by atoms with Crippen LogP contribution < -0.4 is 9.47 Å². The molecule has 0 spiro atoms. The van der Waals surface area contributed by atoms with Crippen LogP contribution in [0.4, 0.5) is 0 Å². The van der Waals surface area contributed by atoms with Crippen molar-refractivity contribution in [3.05, 3.63) is 79.1 Å². The second-order valence-corrected chi connectivity index (χ2v) is 7.58. The second-order valence-electron chi connectivity index (χ2n) is 7.58. The van der Waals surface area contributed by atoms with Crippen LogP contribution in [0.5, 0.6) is 11.6 Å². The molecule has 0 unspecified atom stereocenters. The van der Waals surface area contributed by atoms with Gasteiger partial charge < -0.3 is 18.9 Å². The molecule has 178 valence electrons. The largest absolute Gasteiger partial charge is 0.467 e. The smallest absolute Gasteiger partial charge is 0.338 e. The van der Waals surface area contributed by atoms with Gasteiger partial charge in [-0.15, -0.1) is 0 Å². The highest BCUT2D eigenvalue weighted by Gasteiger charge is 2.18. The molecule has 8 heteroatoms. The molecule has 0 fully saturated rings. The molecule has 1 aromatic heterocycles. The molecule has 0 N–H and O–H groups in total. The van der Waals surface area contributed by atoms with Crippen LogP contribution in [-0.2, 0) is 23.9 Å². The summed E-state index contributed by atoms with van der Waals surface area (Å²) in [6.45, 7) is 14.9. The molecule has 1 aromatic carbocycles. The maximum absolute atomic E-state index is 11.7. The van der Waals surface area contributed by atoms with Crippen LogP contribution in [0.2, 0.25) is 0 Å². The van der Waals surface area contributed by atoms with E-state index in [-0.39, 0.29) is 30.2 Å². The summed E-state index contributed by atoms with van der Waals surface area (Å²) in [5, 5.41) is 0. The summed E-state index contributed by atoms with van der Waals surface area (Å²) >= 11 is 0. The van der Waals surface area contributed by atoms with Gasteiger partial charge >= 0.3 is 17.9 Å². The van der Waals surface area contributed by atoms with Gasteiger partial charge in [0.2, 0.25) is 5.88 Å². The number of esters is 3. The molecule has 0 saturated carbocycles. The van der Waals surface area contributed by atoms with Crippen LogP contribution in [-0.4, -0.2) is 42.2 Å². The molecule has 0 atom stereocenters. The zero-order chi connectivity index (χ0) is 25.3. The molecule has 1 heterocycles. The van der Waals surface area contributed by atoms with Gasteiger partial charge in [-0.05, 0) is 44.5 Å². The fourth-order valence-corrected chi connectivity index (χ4v) is 2.40. The Morgan fingerprint density at radius 3 is 1.71 bits per heavy atom. The Bertz CT molecular complexity index is 1060. The van der Waals surface area contributed by atoms with E-state index in [1.54, 1.807) is 49.5 Å². The number of hydrogen-bond donors (Lipinski definition) is 0. The summed E-state index contributed by atoms with van der Waals surface area (Å²) in [5.41, 5.74) is 2.42. The van der Waals surface area contributed by atoms with E-state index in [9.17, 15) is 14.4 Å². The number of ether oxygens (including phenoxy) is 4. The Morgan fingerprint density at radius 2 is 1.26 bits per heavy atom. The fourth-order valence-electron chi connectivity index (χ4n) is 2.40. The third kappa shape index (κ3) is 8.05. The first-order valence-corrected chi connectivity index (χ1v) is 10.3. The Hall–Kier alpha value is -4.20. The molecular formula is C26H27NO7. The minimum Gasteiger partial charge on any atom is -0.467 e.